The average Bonchev–Trinajstić information content (AvgIpc) is 3.16. The molecule has 138 valence electrons. The van der Waals surface area contributed by atoms with Gasteiger partial charge in [-0.15, -0.1) is 0 Å². The maximum absolute atomic E-state index is 12.8. The van der Waals surface area contributed by atoms with Gasteiger partial charge in [0.05, 0.1) is 12.1 Å². The summed E-state index contributed by atoms with van der Waals surface area (Å²) in [5.41, 5.74) is -0.486. The minimum Gasteiger partial charge on any atom is -0.459 e. The van der Waals surface area contributed by atoms with Gasteiger partial charge in [0.25, 0.3) is 0 Å². The molecule has 2 aromatic rings. The highest BCUT2D eigenvalue weighted by Gasteiger charge is 2.44. The highest BCUT2D eigenvalue weighted by Crippen LogP contribution is 2.34. The second-order valence-corrected chi connectivity index (χ2v) is 7.42. The van der Waals surface area contributed by atoms with Crippen molar-refractivity contribution in [2.45, 2.75) is 71.3 Å². The van der Waals surface area contributed by atoms with Gasteiger partial charge in [-0.3, -0.25) is 9.48 Å². The van der Waals surface area contributed by atoms with E-state index in [4.69, 9.17) is 9.26 Å². The topological polar surface area (TPSA) is 83.0 Å². The molecule has 7 heteroatoms. The lowest BCUT2D eigenvalue weighted by Crippen LogP contribution is -2.41. The first kappa shape index (κ1) is 19.1. The van der Waals surface area contributed by atoms with E-state index in [-0.39, 0.29) is 11.9 Å². The number of aromatic nitrogens is 4. The van der Waals surface area contributed by atoms with Crippen LogP contribution in [0.5, 0.6) is 0 Å². The molecule has 1 unspecified atom stereocenters. The van der Waals surface area contributed by atoms with Gasteiger partial charge in [0.1, 0.15) is 11.0 Å². The molecule has 0 N–H and O–H groups in total. The third kappa shape index (κ3) is 3.91. The van der Waals surface area contributed by atoms with E-state index in [1.807, 2.05) is 54.8 Å². The van der Waals surface area contributed by atoms with Gasteiger partial charge >= 0.3 is 5.97 Å². The monoisotopic (exact) mass is 348 g/mol. The summed E-state index contributed by atoms with van der Waals surface area (Å²) in [4.78, 5) is 17.4. The van der Waals surface area contributed by atoms with Crippen LogP contribution in [0.15, 0.2) is 16.9 Å². The van der Waals surface area contributed by atoms with Gasteiger partial charge in [-0.25, -0.2) is 0 Å². The van der Waals surface area contributed by atoms with Crippen molar-refractivity contribution in [2.24, 2.45) is 7.05 Å². The summed E-state index contributed by atoms with van der Waals surface area (Å²) >= 11 is 0. The molecule has 7 nitrogen and oxygen atoms in total. The molecule has 0 aliphatic rings. The maximum Gasteiger partial charge on any atom is 0.320 e. The Bertz CT molecular complexity index is 723. The second kappa shape index (κ2) is 6.98. The van der Waals surface area contributed by atoms with E-state index in [0.717, 1.165) is 5.56 Å². The highest BCUT2D eigenvalue weighted by atomic mass is 16.6. The molecule has 2 heterocycles. The summed E-state index contributed by atoms with van der Waals surface area (Å²) in [7, 11) is 1.86. The van der Waals surface area contributed by atoms with Gasteiger partial charge in [-0.1, -0.05) is 19.0 Å². The number of rotatable bonds is 6. The number of esters is 1. The van der Waals surface area contributed by atoms with Gasteiger partial charge < -0.3 is 9.26 Å². The van der Waals surface area contributed by atoms with Crippen LogP contribution >= 0.6 is 0 Å². The Balaban J connectivity index is 2.34. The van der Waals surface area contributed by atoms with E-state index >= 15 is 0 Å². The molecule has 1 atom stereocenters. The van der Waals surface area contributed by atoms with E-state index < -0.39 is 11.0 Å². The van der Waals surface area contributed by atoms with E-state index in [0.29, 0.717) is 24.6 Å². The molecule has 2 aromatic heterocycles. The van der Waals surface area contributed by atoms with Crippen molar-refractivity contribution in [2.75, 3.05) is 0 Å². The molecule has 0 saturated carbocycles. The second-order valence-electron chi connectivity index (χ2n) is 7.42. The minimum atomic E-state index is -0.899. The Morgan fingerprint density at radius 1 is 1.32 bits per heavy atom. The number of aryl methyl sites for hydroxylation is 1. The van der Waals surface area contributed by atoms with Crippen molar-refractivity contribution in [3.63, 3.8) is 0 Å². The third-order valence-corrected chi connectivity index (χ3v) is 4.46. The lowest BCUT2D eigenvalue weighted by molar-refractivity contribution is -0.163. The molecule has 0 saturated heterocycles. The minimum absolute atomic E-state index is 0.0972. The van der Waals surface area contributed by atoms with Gasteiger partial charge in [0, 0.05) is 18.8 Å². The van der Waals surface area contributed by atoms with Crippen molar-refractivity contribution < 1.29 is 14.1 Å². The van der Waals surface area contributed by atoms with Gasteiger partial charge in [-0.2, -0.15) is 10.1 Å². The Labute approximate surface area is 148 Å². The first-order valence-corrected chi connectivity index (χ1v) is 8.69. The zero-order valence-electron chi connectivity index (χ0n) is 16.2. The van der Waals surface area contributed by atoms with Crippen LogP contribution in [0.2, 0.25) is 0 Å². The predicted molar refractivity (Wildman–Crippen MR) is 93.1 cm³/mol. The van der Waals surface area contributed by atoms with Crippen molar-refractivity contribution >= 4 is 5.97 Å². The largest absolute Gasteiger partial charge is 0.459 e. The van der Waals surface area contributed by atoms with Crippen LogP contribution in [0.4, 0.5) is 0 Å². The smallest absolute Gasteiger partial charge is 0.320 e. The Kier molecular flexibility index (Phi) is 5.34. The van der Waals surface area contributed by atoms with Crippen molar-refractivity contribution in [1.29, 1.82) is 0 Å². The molecule has 0 aromatic carbocycles. The number of carbonyl (C=O) groups excluding carboxylic acids is 1. The molecule has 0 radical (unpaired) electrons. The zero-order chi connectivity index (χ0) is 18.8. The summed E-state index contributed by atoms with van der Waals surface area (Å²) in [6, 6.07) is 0. The molecule has 0 fully saturated rings. The molecule has 0 aliphatic carbocycles. The van der Waals surface area contributed by atoms with E-state index in [2.05, 4.69) is 15.2 Å². The van der Waals surface area contributed by atoms with Crippen LogP contribution in [0.3, 0.4) is 0 Å². The first-order chi connectivity index (χ1) is 11.6. The van der Waals surface area contributed by atoms with Crippen LogP contribution in [-0.4, -0.2) is 31.5 Å². The molecule has 2 rings (SSSR count). The number of nitrogens with zero attached hydrogens (tertiary/aromatic N) is 4. The Hall–Kier alpha value is -2.18. The van der Waals surface area contributed by atoms with Crippen LogP contribution in [0, 0.1) is 0 Å². The quantitative estimate of drug-likeness (QED) is 0.744. The highest BCUT2D eigenvalue weighted by molar-refractivity contribution is 5.82. The zero-order valence-corrected chi connectivity index (χ0v) is 16.2. The first-order valence-electron chi connectivity index (χ1n) is 8.69. The number of carbonyl (C=O) groups is 1. The van der Waals surface area contributed by atoms with Crippen LogP contribution in [0.25, 0.3) is 0 Å². The summed E-state index contributed by atoms with van der Waals surface area (Å²) < 4.78 is 12.8. The third-order valence-electron chi connectivity index (χ3n) is 4.46. The van der Waals surface area contributed by atoms with Gasteiger partial charge in [0.2, 0.25) is 5.89 Å². The summed E-state index contributed by atoms with van der Waals surface area (Å²) in [6.45, 7) is 11.4. The number of ether oxygens (including phenoxy) is 1. The van der Waals surface area contributed by atoms with E-state index in [1.54, 1.807) is 10.9 Å². The molecular formula is C18H28N4O3. The van der Waals surface area contributed by atoms with Gasteiger partial charge in [0.15, 0.2) is 5.82 Å². The molecule has 0 aliphatic heterocycles. The maximum atomic E-state index is 12.8. The normalized spacial score (nSPS) is 13.7. The fraction of sp³-hybridized carbons (Fsp3) is 0.667. The lowest BCUT2D eigenvalue weighted by atomic mass is 9.81. The predicted octanol–water partition coefficient (Wildman–Crippen LogP) is 3.35. The molecule has 25 heavy (non-hydrogen) atoms. The fourth-order valence-corrected chi connectivity index (χ4v) is 2.73. The number of hydrogen-bond acceptors (Lipinski definition) is 6. The fourth-order valence-electron chi connectivity index (χ4n) is 2.73. The van der Waals surface area contributed by atoms with Crippen LogP contribution in [-0.2, 0) is 22.0 Å². The van der Waals surface area contributed by atoms with Crippen molar-refractivity contribution in [3.05, 3.63) is 29.7 Å². The van der Waals surface area contributed by atoms with Crippen LogP contribution < -0.4 is 0 Å². The van der Waals surface area contributed by atoms with Crippen LogP contribution in [0.1, 0.15) is 77.6 Å². The summed E-state index contributed by atoms with van der Waals surface area (Å²) in [6.07, 6.45) is 4.77. The molecular weight excluding hydrogens is 320 g/mol. The Morgan fingerprint density at radius 3 is 2.44 bits per heavy atom. The molecule has 0 spiro atoms. The standard InChI is InChI=1S/C18H28N4O3/c1-8-18(9-2,16(23)24-17(4,5)6)15-20-14(25-21-15)12(3)13-10-19-22(7)11-13/h10-12H,8-9H2,1-7H3. The SMILES string of the molecule is CCC(CC)(C(=O)OC(C)(C)C)c1noc(C(C)c2cnn(C)c2)n1. The molecule has 0 bridgehead atoms. The lowest BCUT2D eigenvalue weighted by Gasteiger charge is -2.30. The summed E-state index contributed by atoms with van der Waals surface area (Å²) in [5, 5.41) is 8.29. The Morgan fingerprint density at radius 2 is 1.96 bits per heavy atom. The average molecular weight is 348 g/mol. The van der Waals surface area contributed by atoms with E-state index in [9.17, 15) is 4.79 Å². The van der Waals surface area contributed by atoms with Crippen molar-refractivity contribution in [1.82, 2.24) is 19.9 Å². The van der Waals surface area contributed by atoms with Crippen molar-refractivity contribution in [3.8, 4) is 0 Å². The summed E-state index contributed by atoms with van der Waals surface area (Å²) in [5.74, 6) is 0.446. The molecule has 0 amide bonds. The van der Waals surface area contributed by atoms with E-state index in [1.165, 1.54) is 0 Å². The number of hydrogen-bond donors (Lipinski definition) is 0. The van der Waals surface area contributed by atoms with Gasteiger partial charge in [-0.05, 0) is 40.5 Å².